The first-order valence-corrected chi connectivity index (χ1v) is 7.21. The molecule has 1 heteroatoms. The lowest BCUT2D eigenvalue weighted by atomic mass is 10.1. The van der Waals surface area contributed by atoms with Crippen LogP contribution in [0.25, 0.3) is 28.2 Å². The fourth-order valence-corrected chi connectivity index (χ4v) is 2.87. The summed E-state index contributed by atoms with van der Waals surface area (Å²) in [7, 11) is 0. The third-order valence-electron chi connectivity index (χ3n) is 3.67. The number of hydrogen-bond donors (Lipinski definition) is 0. The van der Waals surface area contributed by atoms with Gasteiger partial charge in [0.2, 0.25) is 0 Å². The molecule has 21 heavy (non-hydrogen) atoms. The van der Waals surface area contributed by atoms with E-state index < -0.39 is 0 Å². The van der Waals surface area contributed by atoms with Crippen molar-refractivity contribution in [3.8, 4) is 5.69 Å². The average molecular weight is 273 g/mol. The Kier molecular flexibility index (Phi) is 3.49. The molecule has 0 bridgehead atoms. The van der Waals surface area contributed by atoms with E-state index in [4.69, 9.17) is 0 Å². The molecule has 0 saturated heterocycles. The van der Waals surface area contributed by atoms with Gasteiger partial charge in [-0.2, -0.15) is 0 Å². The van der Waals surface area contributed by atoms with Gasteiger partial charge in [0.1, 0.15) is 0 Å². The molecular weight excluding hydrogens is 254 g/mol. The van der Waals surface area contributed by atoms with Gasteiger partial charge < -0.3 is 4.57 Å². The van der Waals surface area contributed by atoms with E-state index in [1.165, 1.54) is 27.8 Å². The summed E-state index contributed by atoms with van der Waals surface area (Å²) in [4.78, 5) is 0. The van der Waals surface area contributed by atoms with Crippen molar-refractivity contribution < 1.29 is 0 Å². The van der Waals surface area contributed by atoms with Crippen molar-refractivity contribution in [2.24, 2.45) is 0 Å². The minimum atomic E-state index is 1.07. The summed E-state index contributed by atoms with van der Waals surface area (Å²) in [6.45, 7) is 8.32. The van der Waals surface area contributed by atoms with E-state index >= 15 is 0 Å². The van der Waals surface area contributed by atoms with Gasteiger partial charge in [-0.15, -0.1) is 0 Å². The maximum atomic E-state index is 4.19. The molecule has 104 valence electrons. The predicted octanol–water partition coefficient (Wildman–Crippen LogP) is 5.70. The Balaban J connectivity index is 2.48. The molecule has 0 spiro atoms. The molecule has 1 heterocycles. The average Bonchev–Trinajstić information content (AvgIpc) is 2.84. The molecule has 0 atom stereocenters. The van der Waals surface area contributed by atoms with Gasteiger partial charge in [0, 0.05) is 16.6 Å². The van der Waals surface area contributed by atoms with Gasteiger partial charge in [-0.05, 0) is 37.6 Å². The van der Waals surface area contributed by atoms with Crippen LogP contribution >= 0.6 is 0 Å². The first-order valence-electron chi connectivity index (χ1n) is 7.21. The van der Waals surface area contributed by atoms with Crippen molar-refractivity contribution in [1.82, 2.24) is 4.57 Å². The quantitative estimate of drug-likeness (QED) is 0.577. The van der Waals surface area contributed by atoms with E-state index in [0.29, 0.717) is 0 Å². The number of nitrogens with zero attached hydrogens (tertiary/aromatic N) is 1. The highest BCUT2D eigenvalue weighted by atomic mass is 15.0. The summed E-state index contributed by atoms with van der Waals surface area (Å²) in [5, 5.41) is 1.26. The van der Waals surface area contributed by atoms with Crippen molar-refractivity contribution in [3.05, 3.63) is 78.5 Å². The van der Waals surface area contributed by atoms with Gasteiger partial charge in [-0.3, -0.25) is 0 Å². The van der Waals surface area contributed by atoms with Crippen molar-refractivity contribution in [1.29, 1.82) is 0 Å². The lowest BCUT2D eigenvalue weighted by Crippen LogP contribution is -1.98. The predicted molar refractivity (Wildman–Crippen MR) is 92.7 cm³/mol. The fraction of sp³-hybridized carbons (Fsp3) is 0.100. The molecule has 0 N–H and O–H groups in total. The molecular formula is C20H19N. The van der Waals surface area contributed by atoms with E-state index in [1.807, 2.05) is 6.07 Å². The molecule has 3 aromatic rings. The van der Waals surface area contributed by atoms with Gasteiger partial charge in [-0.1, -0.05) is 55.1 Å². The van der Waals surface area contributed by atoms with Crippen LogP contribution in [0.1, 0.15) is 25.1 Å². The third-order valence-corrected chi connectivity index (χ3v) is 3.67. The van der Waals surface area contributed by atoms with E-state index in [-0.39, 0.29) is 0 Å². The van der Waals surface area contributed by atoms with Crippen molar-refractivity contribution >= 4 is 22.6 Å². The van der Waals surface area contributed by atoms with Crippen LogP contribution in [0.15, 0.2) is 67.3 Å². The van der Waals surface area contributed by atoms with E-state index in [0.717, 1.165) is 5.57 Å². The SMILES string of the molecule is C=C(C)c1c(/C=C\C)c2ccccc2n1-c1ccccc1. The Morgan fingerprint density at radius 3 is 2.33 bits per heavy atom. The summed E-state index contributed by atoms with van der Waals surface area (Å²) >= 11 is 0. The molecule has 3 rings (SSSR count). The number of aromatic nitrogens is 1. The van der Waals surface area contributed by atoms with Crippen LogP contribution in [0.4, 0.5) is 0 Å². The Hall–Kier alpha value is -2.54. The van der Waals surface area contributed by atoms with Crippen molar-refractivity contribution in [3.63, 3.8) is 0 Å². The molecule has 0 saturated carbocycles. The third kappa shape index (κ3) is 2.21. The zero-order valence-corrected chi connectivity index (χ0v) is 12.5. The standard InChI is InChI=1S/C20H19N/c1-4-10-18-17-13-8-9-14-19(17)21(20(18)15(2)3)16-11-6-5-7-12-16/h4-14H,2H2,1,3H3/b10-4-. The number of rotatable bonds is 3. The molecule has 1 nitrogen and oxygen atoms in total. The van der Waals surface area contributed by atoms with Gasteiger partial charge >= 0.3 is 0 Å². The largest absolute Gasteiger partial charge is 0.309 e. The molecule has 2 aromatic carbocycles. The van der Waals surface area contributed by atoms with Crippen LogP contribution in [-0.2, 0) is 0 Å². The Bertz CT molecular complexity index is 820. The lowest BCUT2D eigenvalue weighted by Gasteiger charge is -2.11. The van der Waals surface area contributed by atoms with Crippen LogP contribution < -0.4 is 0 Å². The monoisotopic (exact) mass is 273 g/mol. The normalized spacial score (nSPS) is 11.3. The zero-order valence-electron chi connectivity index (χ0n) is 12.5. The van der Waals surface area contributed by atoms with Crippen LogP contribution in [0, 0.1) is 0 Å². The van der Waals surface area contributed by atoms with Crippen molar-refractivity contribution in [2.45, 2.75) is 13.8 Å². The van der Waals surface area contributed by atoms with Crippen LogP contribution in [-0.4, -0.2) is 4.57 Å². The molecule has 1 aromatic heterocycles. The number of fused-ring (bicyclic) bond motifs is 1. The Morgan fingerprint density at radius 1 is 1.00 bits per heavy atom. The minimum absolute atomic E-state index is 1.07. The highest BCUT2D eigenvalue weighted by Gasteiger charge is 2.16. The maximum Gasteiger partial charge on any atom is 0.0564 e. The number of para-hydroxylation sites is 2. The Morgan fingerprint density at radius 2 is 1.67 bits per heavy atom. The molecule has 0 aliphatic heterocycles. The molecule has 0 aliphatic rings. The van der Waals surface area contributed by atoms with Crippen LogP contribution in [0.3, 0.4) is 0 Å². The number of benzene rings is 2. The molecule has 0 amide bonds. The van der Waals surface area contributed by atoms with E-state index in [2.05, 4.69) is 85.7 Å². The summed E-state index contributed by atoms with van der Waals surface area (Å²) < 4.78 is 2.30. The summed E-state index contributed by atoms with van der Waals surface area (Å²) in [5.74, 6) is 0. The Labute approximate surface area is 125 Å². The summed E-state index contributed by atoms with van der Waals surface area (Å²) in [6.07, 6.45) is 4.26. The van der Waals surface area contributed by atoms with E-state index in [9.17, 15) is 0 Å². The van der Waals surface area contributed by atoms with Gasteiger partial charge in [-0.25, -0.2) is 0 Å². The molecule has 0 radical (unpaired) electrons. The minimum Gasteiger partial charge on any atom is -0.309 e. The number of allylic oxidation sites excluding steroid dienone is 2. The second-order valence-corrected chi connectivity index (χ2v) is 5.23. The van der Waals surface area contributed by atoms with Gasteiger partial charge in [0.25, 0.3) is 0 Å². The fourth-order valence-electron chi connectivity index (χ4n) is 2.87. The first-order chi connectivity index (χ1) is 10.2. The summed E-state index contributed by atoms with van der Waals surface area (Å²) in [6, 6.07) is 19.0. The topological polar surface area (TPSA) is 4.93 Å². The van der Waals surface area contributed by atoms with E-state index in [1.54, 1.807) is 0 Å². The highest BCUT2D eigenvalue weighted by Crippen LogP contribution is 2.34. The van der Waals surface area contributed by atoms with Crippen LogP contribution in [0.2, 0.25) is 0 Å². The summed E-state index contributed by atoms with van der Waals surface area (Å²) in [5.41, 5.74) is 5.88. The maximum absolute atomic E-state index is 4.19. The second-order valence-electron chi connectivity index (χ2n) is 5.23. The van der Waals surface area contributed by atoms with Gasteiger partial charge in [0.05, 0.1) is 11.2 Å². The molecule has 0 aliphatic carbocycles. The zero-order chi connectivity index (χ0) is 14.8. The molecule has 0 fully saturated rings. The second kappa shape index (κ2) is 5.45. The number of hydrogen-bond acceptors (Lipinski definition) is 0. The first kappa shape index (κ1) is 13.4. The van der Waals surface area contributed by atoms with Crippen LogP contribution in [0.5, 0.6) is 0 Å². The van der Waals surface area contributed by atoms with Gasteiger partial charge in [0.15, 0.2) is 0 Å². The lowest BCUT2D eigenvalue weighted by molar-refractivity contribution is 1.09. The van der Waals surface area contributed by atoms with Crippen molar-refractivity contribution in [2.75, 3.05) is 0 Å². The molecule has 0 unspecified atom stereocenters. The highest BCUT2D eigenvalue weighted by molar-refractivity contribution is 5.96. The smallest absolute Gasteiger partial charge is 0.0564 e.